The number of anilines is 1. The highest BCUT2D eigenvalue weighted by Crippen LogP contribution is 2.36. The lowest BCUT2D eigenvalue weighted by Gasteiger charge is -2.36. The Balaban J connectivity index is 2.21. The molecule has 0 bridgehead atoms. The second-order valence-electron chi connectivity index (χ2n) is 8.40. The van der Waals surface area contributed by atoms with Gasteiger partial charge >= 0.3 is 13.2 Å². The van der Waals surface area contributed by atoms with Crippen molar-refractivity contribution in [3.8, 4) is 0 Å². The molecular weight excluding hydrogens is 357 g/mol. The molecule has 0 saturated carbocycles. The van der Waals surface area contributed by atoms with Crippen molar-refractivity contribution >= 4 is 24.5 Å². The van der Waals surface area contributed by atoms with Gasteiger partial charge in [0.1, 0.15) is 11.4 Å². The van der Waals surface area contributed by atoms with E-state index in [9.17, 15) is 4.79 Å². The molecule has 0 aliphatic carbocycles. The molecule has 3 rings (SSSR count). The quantitative estimate of drug-likeness (QED) is 0.711. The zero-order valence-electron chi connectivity index (χ0n) is 28.1. The van der Waals surface area contributed by atoms with Gasteiger partial charge in [-0.05, 0) is 54.5 Å². The van der Waals surface area contributed by atoms with Crippen LogP contribution in [0.5, 0.6) is 0 Å². The van der Waals surface area contributed by atoms with Gasteiger partial charge in [0.25, 0.3) is 0 Å². The molecule has 28 heavy (non-hydrogen) atoms. The van der Waals surface area contributed by atoms with Gasteiger partial charge in [0.15, 0.2) is 0 Å². The molecule has 0 N–H and O–H groups in total. The van der Waals surface area contributed by atoms with Gasteiger partial charge in [-0.25, -0.2) is 9.78 Å². The maximum Gasteiger partial charge on any atom is 0.496 e. The van der Waals surface area contributed by atoms with E-state index in [1.807, 2.05) is 0 Å². The Bertz CT molecular complexity index is 1150. The fraction of sp³-hybridized carbons (Fsp3) is 0.700. The minimum atomic E-state index is -3.59. The van der Waals surface area contributed by atoms with E-state index in [0.29, 0.717) is 0 Å². The number of carbonyl (C=O) groups excluding carboxylic acids is 1. The number of hydrogen-bond donors (Lipinski definition) is 0. The zero-order valence-corrected chi connectivity index (χ0v) is 17.1. The number of pyridine rings is 1. The molecule has 1 aromatic heterocycles. The highest BCUT2D eigenvalue weighted by atomic mass is 16.7. The summed E-state index contributed by atoms with van der Waals surface area (Å²) in [6.45, 7) is -3.19. The molecule has 2 saturated heterocycles. The van der Waals surface area contributed by atoms with Crippen molar-refractivity contribution in [3.63, 3.8) is 0 Å². The third-order valence-corrected chi connectivity index (χ3v) is 4.42. The van der Waals surface area contributed by atoms with E-state index in [2.05, 4.69) is 4.98 Å². The summed E-state index contributed by atoms with van der Waals surface area (Å²) in [6, 6.07) is -1.66. The van der Waals surface area contributed by atoms with Crippen molar-refractivity contribution in [2.75, 3.05) is 30.9 Å². The maximum atomic E-state index is 12.9. The Kier molecular flexibility index (Phi) is 2.80. The van der Waals surface area contributed by atoms with E-state index in [4.69, 9.17) is 29.1 Å². The predicted molar refractivity (Wildman–Crippen MR) is 110 cm³/mol. The monoisotopic (exact) mass is 400 g/mol. The van der Waals surface area contributed by atoms with Crippen LogP contribution in [0.3, 0.4) is 0 Å². The minimum absolute atomic E-state index is 0.0761. The molecule has 0 aromatic carbocycles. The lowest BCUT2D eigenvalue weighted by molar-refractivity contribution is 0.00578. The molecule has 2 aliphatic heterocycles. The first-order chi connectivity index (χ1) is 17.1. The Labute approximate surface area is 183 Å². The second-order valence-corrected chi connectivity index (χ2v) is 8.40. The van der Waals surface area contributed by atoms with Gasteiger partial charge in [-0.3, -0.25) is 0 Å². The predicted octanol–water partition coefficient (Wildman–Crippen LogP) is 2.44. The van der Waals surface area contributed by atoms with Crippen molar-refractivity contribution in [2.45, 2.75) is 65.3 Å². The third-order valence-electron chi connectivity index (χ3n) is 4.42. The molecule has 2 aliphatic rings. The SMILES string of the molecule is [2H]c1nc(N2C([2H])([2H])C([2H])([2H])N(C(=O)OC(C)(C)C)C([2H])([2H])C2([2H])[2H])c([2H])c([2H])c1B1OC(C)(C)C(C)(C)O1. The van der Waals surface area contributed by atoms with Crippen LogP contribution in [0.4, 0.5) is 10.6 Å². The van der Waals surface area contributed by atoms with Crippen LogP contribution in [0.15, 0.2) is 18.3 Å². The molecule has 1 aromatic rings. The van der Waals surface area contributed by atoms with E-state index in [-0.39, 0.29) is 15.3 Å². The molecule has 0 radical (unpaired) electrons. The summed E-state index contributed by atoms with van der Waals surface area (Å²) in [7, 11) is -1.31. The van der Waals surface area contributed by atoms with E-state index in [0.717, 1.165) is 0 Å². The van der Waals surface area contributed by atoms with E-state index >= 15 is 0 Å². The summed E-state index contributed by atoms with van der Waals surface area (Å²) >= 11 is 0. The summed E-state index contributed by atoms with van der Waals surface area (Å²) in [6.07, 6.45) is -2.39. The van der Waals surface area contributed by atoms with Gasteiger partial charge in [0, 0.05) is 37.6 Å². The van der Waals surface area contributed by atoms with Crippen LogP contribution < -0.4 is 10.4 Å². The smallest absolute Gasteiger partial charge is 0.444 e. The largest absolute Gasteiger partial charge is 0.496 e. The number of hydrogen-bond acceptors (Lipinski definition) is 6. The van der Waals surface area contributed by atoms with Crippen LogP contribution in [0.1, 0.15) is 63.5 Å². The van der Waals surface area contributed by atoms with Crippen molar-refractivity contribution in [1.82, 2.24) is 9.88 Å². The Morgan fingerprint density at radius 2 is 1.75 bits per heavy atom. The third kappa shape index (κ3) is 4.44. The fourth-order valence-corrected chi connectivity index (χ4v) is 2.23. The van der Waals surface area contributed by atoms with Gasteiger partial charge in [-0.1, -0.05) is 6.04 Å². The van der Waals surface area contributed by atoms with E-state index in [1.165, 1.54) is 20.8 Å². The summed E-state index contributed by atoms with van der Waals surface area (Å²) in [5.41, 5.74) is -3.30. The molecule has 3 heterocycles. The molecule has 1 amide bonds. The zero-order chi connectivity index (χ0) is 30.5. The normalized spacial score (nSPS) is 34.7. The number of aromatic nitrogens is 1. The first-order valence-electron chi connectivity index (χ1n) is 14.3. The summed E-state index contributed by atoms with van der Waals surface area (Å²) in [4.78, 5) is 16.3. The topological polar surface area (TPSA) is 64.1 Å². The molecule has 8 heteroatoms. The van der Waals surface area contributed by atoms with Crippen LogP contribution in [0, 0.1) is 0 Å². The maximum absolute atomic E-state index is 12.9. The van der Waals surface area contributed by atoms with Crippen LogP contribution in [0.2, 0.25) is 0 Å². The van der Waals surface area contributed by atoms with Gasteiger partial charge < -0.3 is 23.8 Å². The standard InChI is InChI=1S/C20H32BN3O4/c1-18(2,3)26-17(25)24-12-10-23(11-13-24)16-9-8-15(14-22-16)21-27-19(4,5)20(6,7)28-21/h8-9,14H,10-13H2,1-7H3/i8D,9D,10D2,11D2,12D2,13D2,14D. The number of ether oxygens (including phenoxy) is 1. The second kappa shape index (κ2) is 7.23. The Morgan fingerprint density at radius 1 is 1.18 bits per heavy atom. The molecule has 0 atom stereocenters. The minimum Gasteiger partial charge on any atom is -0.444 e. The summed E-state index contributed by atoms with van der Waals surface area (Å²) < 4.78 is 110. The molecule has 0 spiro atoms. The average molecular weight is 400 g/mol. The number of amides is 1. The Hall–Kier alpha value is -1.80. The van der Waals surface area contributed by atoms with Crippen LogP contribution >= 0.6 is 0 Å². The van der Waals surface area contributed by atoms with Crippen molar-refractivity contribution in [1.29, 1.82) is 0 Å². The molecule has 2 fully saturated rings. The first-order valence-corrected chi connectivity index (χ1v) is 8.82. The van der Waals surface area contributed by atoms with Crippen LogP contribution in [0.25, 0.3) is 0 Å². The van der Waals surface area contributed by atoms with Gasteiger partial charge in [-0.15, -0.1) is 0 Å². The fourth-order valence-electron chi connectivity index (χ4n) is 2.23. The van der Waals surface area contributed by atoms with Gasteiger partial charge in [0.2, 0.25) is 0 Å². The number of carbonyl (C=O) groups is 1. The summed E-state index contributed by atoms with van der Waals surface area (Å²) in [5, 5.41) is 0. The Morgan fingerprint density at radius 3 is 2.29 bits per heavy atom. The lowest BCUT2D eigenvalue weighted by Crippen LogP contribution is -2.50. The molecule has 154 valence electrons. The van der Waals surface area contributed by atoms with Crippen molar-refractivity contribution in [2.24, 2.45) is 0 Å². The van der Waals surface area contributed by atoms with Crippen molar-refractivity contribution < 1.29 is 33.9 Å². The molecule has 0 unspecified atom stereocenters. The summed E-state index contributed by atoms with van der Waals surface area (Å²) in [5.74, 6) is -1.02. The van der Waals surface area contributed by atoms with Gasteiger partial charge in [-0.2, -0.15) is 0 Å². The highest BCUT2D eigenvalue weighted by Gasteiger charge is 2.51. The van der Waals surface area contributed by atoms with E-state index in [1.54, 1.807) is 27.7 Å². The number of nitrogens with zero attached hydrogens (tertiary/aromatic N) is 3. The van der Waals surface area contributed by atoms with Crippen LogP contribution in [-0.2, 0) is 14.0 Å². The highest BCUT2D eigenvalue weighted by molar-refractivity contribution is 6.62. The number of rotatable bonds is 2. The lowest BCUT2D eigenvalue weighted by atomic mass is 9.80. The van der Waals surface area contributed by atoms with Gasteiger partial charge in [0.05, 0.1) is 26.3 Å². The first kappa shape index (κ1) is 10.8. The average Bonchev–Trinajstić information content (AvgIpc) is 2.89. The van der Waals surface area contributed by atoms with Crippen LogP contribution in [-0.4, -0.2) is 65.9 Å². The molecule has 7 nitrogen and oxygen atoms in total. The number of piperazine rings is 1. The van der Waals surface area contributed by atoms with Crippen molar-refractivity contribution in [3.05, 3.63) is 18.3 Å². The van der Waals surface area contributed by atoms with E-state index < -0.39 is 80.1 Å². The molecular formula is C20H32BN3O4.